The number of aromatic nitrogens is 5. The van der Waals surface area contributed by atoms with E-state index >= 15 is 0 Å². The van der Waals surface area contributed by atoms with E-state index in [9.17, 15) is 0 Å². The lowest BCUT2D eigenvalue weighted by Crippen LogP contribution is -2.35. The highest BCUT2D eigenvalue weighted by molar-refractivity contribution is 5.92. The summed E-state index contributed by atoms with van der Waals surface area (Å²) in [6.45, 7) is 0.725. The zero-order valence-corrected chi connectivity index (χ0v) is 16.9. The fourth-order valence-corrected chi connectivity index (χ4v) is 3.95. The van der Waals surface area contributed by atoms with Gasteiger partial charge in [0.25, 0.3) is 0 Å². The maximum absolute atomic E-state index is 4.59. The molecule has 152 valence electrons. The van der Waals surface area contributed by atoms with Crippen LogP contribution in [-0.2, 0) is 13.6 Å². The van der Waals surface area contributed by atoms with Crippen molar-refractivity contribution in [3.8, 4) is 11.1 Å². The van der Waals surface area contributed by atoms with E-state index in [1.807, 2.05) is 49.1 Å². The van der Waals surface area contributed by atoms with Gasteiger partial charge in [0.2, 0.25) is 0 Å². The summed E-state index contributed by atoms with van der Waals surface area (Å²) >= 11 is 0. The number of rotatable bonds is 4. The maximum Gasteiger partial charge on any atom is 0.137 e. The van der Waals surface area contributed by atoms with Gasteiger partial charge in [-0.05, 0) is 29.8 Å². The molecule has 5 aromatic rings. The number of H-pyrrole nitrogens is 1. The summed E-state index contributed by atoms with van der Waals surface area (Å²) in [5.74, 6) is 0. The molecule has 0 spiro atoms. The van der Waals surface area contributed by atoms with Crippen LogP contribution in [0.2, 0.25) is 0 Å². The molecule has 0 fully saturated rings. The molecular formula is C23H20N8. The minimum Gasteiger partial charge on any atom is -0.345 e. The Morgan fingerprint density at radius 2 is 2.00 bits per heavy atom. The molecule has 5 heterocycles. The van der Waals surface area contributed by atoms with Crippen LogP contribution in [0.4, 0.5) is 0 Å². The Bertz CT molecular complexity index is 1440. The molecule has 0 bridgehead atoms. The Balaban J connectivity index is 1.29. The highest BCUT2D eigenvalue weighted by Crippen LogP contribution is 2.28. The highest BCUT2D eigenvalue weighted by atomic mass is 15.7. The van der Waals surface area contributed by atoms with E-state index in [4.69, 9.17) is 0 Å². The predicted molar refractivity (Wildman–Crippen MR) is 120 cm³/mol. The third-order valence-corrected chi connectivity index (χ3v) is 5.50. The van der Waals surface area contributed by atoms with Crippen molar-refractivity contribution in [3.05, 3.63) is 84.7 Å². The van der Waals surface area contributed by atoms with Crippen molar-refractivity contribution in [3.63, 3.8) is 0 Å². The summed E-state index contributed by atoms with van der Waals surface area (Å²) in [4.78, 5) is 12.2. The number of nitrogens with one attached hydrogen (secondary N) is 3. The molecule has 8 heteroatoms. The third-order valence-electron chi connectivity index (χ3n) is 5.50. The maximum atomic E-state index is 4.59. The summed E-state index contributed by atoms with van der Waals surface area (Å²) in [5, 5.41) is 8.49. The molecule has 0 saturated carbocycles. The van der Waals surface area contributed by atoms with Crippen LogP contribution in [0.5, 0.6) is 0 Å². The fraction of sp³-hybridized carbons (Fsp3) is 0.0870. The Kier molecular flexibility index (Phi) is 3.97. The SMILES string of the molecule is Cn1cc(-c2cnc3[nH]cc(C4=CN(Cc5ccc6ncccc6c5)NN4)c3c2)cn1. The number of hydrogen-bond acceptors (Lipinski definition) is 6. The first-order valence-corrected chi connectivity index (χ1v) is 10.0. The molecule has 6 rings (SSSR count). The van der Waals surface area contributed by atoms with Crippen molar-refractivity contribution in [1.82, 2.24) is 40.7 Å². The zero-order chi connectivity index (χ0) is 20.8. The van der Waals surface area contributed by atoms with E-state index in [2.05, 4.69) is 67.5 Å². The van der Waals surface area contributed by atoms with Crippen LogP contribution in [0.3, 0.4) is 0 Å². The number of aryl methyl sites for hydroxylation is 1. The fourth-order valence-electron chi connectivity index (χ4n) is 3.95. The first kappa shape index (κ1) is 17.7. The molecule has 0 atom stereocenters. The second-order valence-electron chi connectivity index (χ2n) is 7.66. The molecule has 8 nitrogen and oxygen atoms in total. The highest BCUT2D eigenvalue weighted by Gasteiger charge is 2.17. The van der Waals surface area contributed by atoms with Gasteiger partial charge in [0.15, 0.2) is 0 Å². The molecule has 31 heavy (non-hydrogen) atoms. The summed E-state index contributed by atoms with van der Waals surface area (Å²) in [5.41, 5.74) is 13.7. The first-order chi connectivity index (χ1) is 15.2. The van der Waals surface area contributed by atoms with Crippen LogP contribution in [0.25, 0.3) is 38.8 Å². The molecule has 0 aliphatic carbocycles. The first-order valence-electron chi connectivity index (χ1n) is 10.0. The summed E-state index contributed by atoms with van der Waals surface area (Å²) in [6.07, 6.45) is 11.6. The zero-order valence-electron chi connectivity index (χ0n) is 16.9. The van der Waals surface area contributed by atoms with E-state index in [-0.39, 0.29) is 0 Å². The van der Waals surface area contributed by atoms with Crippen molar-refractivity contribution in [2.24, 2.45) is 7.05 Å². The monoisotopic (exact) mass is 408 g/mol. The van der Waals surface area contributed by atoms with Crippen LogP contribution < -0.4 is 11.0 Å². The predicted octanol–water partition coefficient (Wildman–Crippen LogP) is 3.34. The summed E-state index contributed by atoms with van der Waals surface area (Å²) in [7, 11) is 1.91. The molecule has 3 N–H and O–H groups in total. The van der Waals surface area contributed by atoms with E-state index in [0.29, 0.717) is 0 Å². The van der Waals surface area contributed by atoms with E-state index in [1.165, 1.54) is 5.56 Å². The average Bonchev–Trinajstić information content (AvgIpc) is 3.53. The van der Waals surface area contributed by atoms with Gasteiger partial charge in [0.1, 0.15) is 5.65 Å². The van der Waals surface area contributed by atoms with Crippen molar-refractivity contribution in [1.29, 1.82) is 0 Å². The van der Waals surface area contributed by atoms with Gasteiger partial charge in [-0.1, -0.05) is 12.1 Å². The quantitative estimate of drug-likeness (QED) is 0.423. The number of benzene rings is 1. The molecule has 1 aliphatic rings. The molecule has 0 unspecified atom stereocenters. The van der Waals surface area contributed by atoms with Crippen LogP contribution in [0.1, 0.15) is 11.1 Å². The molecule has 0 radical (unpaired) electrons. The van der Waals surface area contributed by atoms with Gasteiger partial charge in [0, 0.05) is 65.5 Å². The largest absolute Gasteiger partial charge is 0.345 e. The van der Waals surface area contributed by atoms with Gasteiger partial charge >= 0.3 is 0 Å². The van der Waals surface area contributed by atoms with Crippen molar-refractivity contribution in [2.75, 3.05) is 0 Å². The molecule has 0 saturated heterocycles. The molecule has 4 aromatic heterocycles. The van der Waals surface area contributed by atoms with Gasteiger partial charge in [0.05, 0.1) is 24.0 Å². The lowest BCUT2D eigenvalue weighted by atomic mass is 10.1. The van der Waals surface area contributed by atoms with Crippen molar-refractivity contribution in [2.45, 2.75) is 6.54 Å². The third kappa shape index (κ3) is 3.19. The Morgan fingerprint density at radius 1 is 1.03 bits per heavy atom. The van der Waals surface area contributed by atoms with Crippen LogP contribution in [-0.4, -0.2) is 29.7 Å². The van der Waals surface area contributed by atoms with Gasteiger partial charge in [-0.3, -0.25) is 14.7 Å². The topological polar surface area (TPSA) is 86.7 Å². The van der Waals surface area contributed by atoms with Crippen LogP contribution in [0.15, 0.2) is 73.6 Å². The van der Waals surface area contributed by atoms with Gasteiger partial charge < -0.3 is 10.4 Å². The van der Waals surface area contributed by atoms with Crippen molar-refractivity contribution < 1.29 is 0 Å². The molecule has 1 aliphatic heterocycles. The molecule has 0 amide bonds. The summed E-state index contributed by atoms with van der Waals surface area (Å²) in [6, 6.07) is 12.5. The summed E-state index contributed by atoms with van der Waals surface area (Å²) < 4.78 is 1.79. The van der Waals surface area contributed by atoms with E-state index < -0.39 is 0 Å². The Labute approximate surface area is 178 Å². The standard InChI is InChI=1S/C23H20N8/c1-30-13-18(10-27-30)17-8-19-20(11-26-23(19)25-9-17)22-14-31(29-28-22)12-15-4-5-21-16(7-15)3-2-6-24-21/h2-11,13-14,28-29H,12H2,1H3,(H,25,26). The minimum atomic E-state index is 0.725. The number of aromatic amines is 1. The molecule has 1 aromatic carbocycles. The second-order valence-corrected chi connectivity index (χ2v) is 7.66. The molecular weight excluding hydrogens is 388 g/mol. The number of hydrogen-bond donors (Lipinski definition) is 3. The second kappa shape index (κ2) is 6.96. The number of hydrazine groups is 2. The van der Waals surface area contributed by atoms with Crippen LogP contribution in [0, 0.1) is 0 Å². The van der Waals surface area contributed by atoms with Gasteiger partial charge in [-0.25, -0.2) is 4.98 Å². The van der Waals surface area contributed by atoms with Crippen molar-refractivity contribution >= 4 is 27.6 Å². The van der Waals surface area contributed by atoms with E-state index in [0.717, 1.165) is 50.9 Å². The number of pyridine rings is 2. The lowest BCUT2D eigenvalue weighted by Gasteiger charge is -2.15. The number of nitrogens with zero attached hydrogens (tertiary/aromatic N) is 5. The Hall–Kier alpha value is -4.17. The smallest absolute Gasteiger partial charge is 0.137 e. The van der Waals surface area contributed by atoms with Gasteiger partial charge in [-0.15, -0.1) is 5.53 Å². The van der Waals surface area contributed by atoms with E-state index in [1.54, 1.807) is 4.68 Å². The number of fused-ring (bicyclic) bond motifs is 2. The minimum absolute atomic E-state index is 0.725. The Morgan fingerprint density at radius 3 is 2.90 bits per heavy atom. The lowest BCUT2D eigenvalue weighted by molar-refractivity contribution is 0.265. The van der Waals surface area contributed by atoms with Crippen LogP contribution >= 0.6 is 0 Å². The average molecular weight is 408 g/mol. The normalized spacial score (nSPS) is 13.7. The van der Waals surface area contributed by atoms with Gasteiger partial charge in [-0.2, -0.15) is 5.10 Å².